The van der Waals surface area contributed by atoms with Crippen LogP contribution in [-0.2, 0) is 4.79 Å². The van der Waals surface area contributed by atoms with Crippen LogP contribution in [-0.4, -0.2) is 20.0 Å². The maximum absolute atomic E-state index is 10.7. The summed E-state index contributed by atoms with van der Waals surface area (Å²) in [7, 11) is 3.18. The average Bonchev–Trinajstić information content (AvgIpc) is 2.23. The zero-order chi connectivity index (χ0) is 12.0. The minimum Gasteiger partial charge on any atom is -0.359 e. The standard InChI is InChI=1S/C8H17NO.C2H6.CH5N/c1-7(2)5-4-6-8(10)9-3;2*1-2/h7H,4-6H2,1-3H3,(H,9,10);1-2H3;2H2,1H3. The van der Waals surface area contributed by atoms with Crippen molar-refractivity contribution >= 4 is 5.91 Å². The average molecular weight is 204 g/mol. The molecule has 88 valence electrons. The van der Waals surface area contributed by atoms with Gasteiger partial charge in [-0.2, -0.15) is 0 Å². The second-order valence-electron chi connectivity index (χ2n) is 2.96. The van der Waals surface area contributed by atoms with Crippen LogP contribution >= 0.6 is 0 Å². The van der Waals surface area contributed by atoms with Crippen LogP contribution < -0.4 is 11.1 Å². The lowest BCUT2D eigenvalue weighted by molar-refractivity contribution is -0.120. The second-order valence-corrected chi connectivity index (χ2v) is 2.96. The number of carbonyl (C=O) groups excluding carboxylic acids is 1. The van der Waals surface area contributed by atoms with E-state index in [1.54, 1.807) is 7.05 Å². The van der Waals surface area contributed by atoms with Gasteiger partial charge in [0.1, 0.15) is 0 Å². The SMILES string of the molecule is CC.CN.CNC(=O)CCCC(C)C. The van der Waals surface area contributed by atoms with Crippen molar-refractivity contribution in [3.05, 3.63) is 0 Å². The highest BCUT2D eigenvalue weighted by Crippen LogP contribution is 2.05. The van der Waals surface area contributed by atoms with E-state index in [2.05, 4.69) is 24.9 Å². The number of nitrogens with one attached hydrogen (secondary N) is 1. The molecule has 0 aromatic carbocycles. The number of nitrogens with two attached hydrogens (primary N) is 1. The van der Waals surface area contributed by atoms with Crippen LogP contribution in [0.4, 0.5) is 0 Å². The number of carbonyl (C=O) groups is 1. The highest BCUT2D eigenvalue weighted by atomic mass is 16.1. The maximum Gasteiger partial charge on any atom is 0.219 e. The normalized spacial score (nSPS) is 8.00. The fourth-order valence-corrected chi connectivity index (χ4v) is 0.796. The van der Waals surface area contributed by atoms with Gasteiger partial charge in [0, 0.05) is 13.5 Å². The molecule has 0 saturated carbocycles. The fraction of sp³-hybridized carbons (Fsp3) is 0.909. The summed E-state index contributed by atoms with van der Waals surface area (Å²) in [5.41, 5.74) is 4.50. The zero-order valence-electron chi connectivity index (χ0n) is 10.7. The molecule has 3 N–H and O–H groups in total. The molecule has 0 heterocycles. The number of hydrogen-bond acceptors (Lipinski definition) is 2. The Labute approximate surface area is 89.5 Å². The van der Waals surface area contributed by atoms with Gasteiger partial charge >= 0.3 is 0 Å². The van der Waals surface area contributed by atoms with Gasteiger partial charge in [0.25, 0.3) is 0 Å². The van der Waals surface area contributed by atoms with Gasteiger partial charge in [0.05, 0.1) is 0 Å². The molecule has 0 aliphatic rings. The van der Waals surface area contributed by atoms with E-state index < -0.39 is 0 Å². The molecule has 0 rings (SSSR count). The summed E-state index contributed by atoms with van der Waals surface area (Å²) in [5.74, 6) is 0.866. The first-order valence-corrected chi connectivity index (χ1v) is 5.45. The van der Waals surface area contributed by atoms with Crippen LogP contribution in [0.5, 0.6) is 0 Å². The summed E-state index contributed by atoms with van der Waals surface area (Å²) in [6, 6.07) is 0. The molecular formula is C11H28N2O. The van der Waals surface area contributed by atoms with E-state index in [1.165, 1.54) is 7.05 Å². The summed E-state index contributed by atoms with van der Waals surface area (Å²) in [5, 5.41) is 2.60. The Balaban J connectivity index is -0.000000266. The van der Waals surface area contributed by atoms with Crippen LogP contribution in [0.2, 0.25) is 0 Å². The van der Waals surface area contributed by atoms with Gasteiger partial charge in [-0.1, -0.05) is 34.1 Å². The van der Waals surface area contributed by atoms with E-state index in [1.807, 2.05) is 13.8 Å². The van der Waals surface area contributed by atoms with E-state index in [0.717, 1.165) is 12.8 Å². The molecule has 3 heteroatoms. The minimum atomic E-state index is 0.153. The molecule has 14 heavy (non-hydrogen) atoms. The molecule has 0 aliphatic heterocycles. The van der Waals surface area contributed by atoms with Crippen LogP contribution in [0, 0.1) is 5.92 Å². The Hall–Kier alpha value is -0.570. The van der Waals surface area contributed by atoms with Crippen molar-refractivity contribution in [1.29, 1.82) is 0 Å². The van der Waals surface area contributed by atoms with E-state index in [0.29, 0.717) is 12.3 Å². The largest absolute Gasteiger partial charge is 0.359 e. The Kier molecular flexibility index (Phi) is 24.9. The molecule has 0 bridgehead atoms. The predicted octanol–water partition coefficient (Wildman–Crippen LogP) is 2.16. The Bertz CT molecular complexity index is 103. The summed E-state index contributed by atoms with van der Waals surface area (Å²) < 4.78 is 0. The first-order chi connectivity index (χ1) is 6.66. The summed E-state index contributed by atoms with van der Waals surface area (Å²) >= 11 is 0. The first-order valence-electron chi connectivity index (χ1n) is 5.45. The maximum atomic E-state index is 10.7. The third kappa shape index (κ3) is 22.5. The molecule has 0 unspecified atom stereocenters. The third-order valence-corrected chi connectivity index (χ3v) is 1.46. The molecule has 0 spiro atoms. The highest BCUT2D eigenvalue weighted by molar-refractivity contribution is 5.75. The number of hydrogen-bond donors (Lipinski definition) is 2. The molecule has 0 saturated heterocycles. The van der Waals surface area contributed by atoms with Crippen molar-refractivity contribution < 1.29 is 4.79 Å². The van der Waals surface area contributed by atoms with Crippen molar-refractivity contribution in [3.8, 4) is 0 Å². The molecule has 3 nitrogen and oxygen atoms in total. The molecule has 0 aliphatic carbocycles. The minimum absolute atomic E-state index is 0.153. The van der Waals surface area contributed by atoms with E-state index in [-0.39, 0.29) is 5.91 Å². The van der Waals surface area contributed by atoms with E-state index in [4.69, 9.17) is 0 Å². The number of rotatable bonds is 4. The molecule has 0 atom stereocenters. The smallest absolute Gasteiger partial charge is 0.219 e. The zero-order valence-corrected chi connectivity index (χ0v) is 10.7. The molecular weight excluding hydrogens is 176 g/mol. The summed E-state index contributed by atoms with van der Waals surface area (Å²) in [6.45, 7) is 8.34. The van der Waals surface area contributed by atoms with Crippen molar-refractivity contribution in [3.63, 3.8) is 0 Å². The van der Waals surface area contributed by atoms with Gasteiger partial charge in [0.15, 0.2) is 0 Å². The van der Waals surface area contributed by atoms with E-state index in [9.17, 15) is 4.79 Å². The van der Waals surface area contributed by atoms with Gasteiger partial charge in [-0.3, -0.25) is 4.79 Å². The van der Waals surface area contributed by atoms with Gasteiger partial charge in [-0.15, -0.1) is 0 Å². The Morgan fingerprint density at radius 2 is 1.71 bits per heavy atom. The van der Waals surface area contributed by atoms with Crippen molar-refractivity contribution in [2.75, 3.05) is 14.1 Å². The monoisotopic (exact) mass is 204 g/mol. The first kappa shape index (κ1) is 19.1. The lowest BCUT2D eigenvalue weighted by atomic mass is 10.1. The number of amides is 1. The lowest BCUT2D eigenvalue weighted by Crippen LogP contribution is -2.17. The topological polar surface area (TPSA) is 55.1 Å². The molecule has 0 radical (unpaired) electrons. The van der Waals surface area contributed by atoms with Gasteiger partial charge in [-0.25, -0.2) is 0 Å². The fourth-order valence-electron chi connectivity index (χ4n) is 0.796. The summed E-state index contributed by atoms with van der Waals surface area (Å²) in [6.07, 6.45) is 2.83. The van der Waals surface area contributed by atoms with Crippen molar-refractivity contribution in [1.82, 2.24) is 5.32 Å². The van der Waals surface area contributed by atoms with Gasteiger partial charge < -0.3 is 11.1 Å². The lowest BCUT2D eigenvalue weighted by Gasteiger charge is -2.02. The van der Waals surface area contributed by atoms with Gasteiger partial charge in [-0.05, 0) is 19.4 Å². The molecule has 0 aromatic rings. The van der Waals surface area contributed by atoms with Crippen LogP contribution in [0.1, 0.15) is 47.0 Å². The van der Waals surface area contributed by atoms with Crippen molar-refractivity contribution in [2.24, 2.45) is 11.7 Å². The van der Waals surface area contributed by atoms with Crippen LogP contribution in [0.3, 0.4) is 0 Å². The Morgan fingerprint density at radius 1 is 1.29 bits per heavy atom. The van der Waals surface area contributed by atoms with Crippen LogP contribution in [0.15, 0.2) is 0 Å². The molecule has 1 amide bonds. The molecule has 0 aromatic heterocycles. The molecule has 0 fully saturated rings. The third-order valence-electron chi connectivity index (χ3n) is 1.46. The van der Waals surface area contributed by atoms with Crippen LogP contribution in [0.25, 0.3) is 0 Å². The van der Waals surface area contributed by atoms with E-state index >= 15 is 0 Å². The Morgan fingerprint density at radius 3 is 2.00 bits per heavy atom. The highest BCUT2D eigenvalue weighted by Gasteiger charge is 1.98. The van der Waals surface area contributed by atoms with Gasteiger partial charge in [0.2, 0.25) is 5.91 Å². The summed E-state index contributed by atoms with van der Waals surface area (Å²) in [4.78, 5) is 10.7. The van der Waals surface area contributed by atoms with Crippen molar-refractivity contribution in [2.45, 2.75) is 47.0 Å². The second kappa shape index (κ2) is 18.3. The predicted molar refractivity (Wildman–Crippen MR) is 64.2 cm³/mol. The quantitative estimate of drug-likeness (QED) is 0.737.